The van der Waals surface area contributed by atoms with Crippen LogP contribution in [0.3, 0.4) is 0 Å². The molecular weight excluding hydrogens is 412 g/mol. The summed E-state index contributed by atoms with van der Waals surface area (Å²) in [6, 6.07) is 24.8. The van der Waals surface area contributed by atoms with Gasteiger partial charge in [0.1, 0.15) is 12.3 Å². The summed E-state index contributed by atoms with van der Waals surface area (Å²) >= 11 is 0. The Bertz CT molecular complexity index is 1210. The van der Waals surface area contributed by atoms with Gasteiger partial charge in [-0.25, -0.2) is 0 Å². The minimum Gasteiger partial charge on any atom is -0.479 e. The number of amides is 2. The zero-order valence-corrected chi connectivity index (χ0v) is 18.5. The van der Waals surface area contributed by atoms with E-state index in [1.807, 2.05) is 24.3 Å². The van der Waals surface area contributed by atoms with E-state index in [1.54, 1.807) is 6.92 Å². The van der Waals surface area contributed by atoms with Crippen molar-refractivity contribution < 1.29 is 14.3 Å². The van der Waals surface area contributed by atoms with E-state index in [9.17, 15) is 9.59 Å². The van der Waals surface area contributed by atoms with E-state index in [0.29, 0.717) is 29.8 Å². The predicted molar refractivity (Wildman–Crippen MR) is 127 cm³/mol. The van der Waals surface area contributed by atoms with Crippen molar-refractivity contribution in [2.24, 2.45) is 5.92 Å². The average molecular weight is 439 g/mol. The fraction of sp³-hybridized carbons (Fsp3) is 0.286. The van der Waals surface area contributed by atoms with Crippen LogP contribution in [0, 0.1) is 5.92 Å². The van der Waals surface area contributed by atoms with Gasteiger partial charge in [0, 0.05) is 18.4 Å². The Morgan fingerprint density at radius 1 is 0.939 bits per heavy atom. The highest BCUT2D eigenvalue weighted by Gasteiger charge is 2.43. The van der Waals surface area contributed by atoms with Gasteiger partial charge < -0.3 is 10.1 Å². The van der Waals surface area contributed by atoms with Crippen LogP contribution in [0.5, 0.6) is 5.75 Å². The molecule has 0 unspecified atom stereocenters. The molecule has 1 heterocycles. The van der Waals surface area contributed by atoms with Gasteiger partial charge in [-0.2, -0.15) is 0 Å². The molecule has 5 nitrogen and oxygen atoms in total. The van der Waals surface area contributed by atoms with Gasteiger partial charge in [-0.3, -0.25) is 14.5 Å². The molecule has 3 aromatic carbocycles. The molecule has 0 aromatic heterocycles. The van der Waals surface area contributed by atoms with Crippen molar-refractivity contribution in [3.63, 3.8) is 0 Å². The number of hydrogen-bond donors (Lipinski definition) is 1. The van der Waals surface area contributed by atoms with E-state index in [0.717, 1.165) is 6.42 Å². The third-order valence-corrected chi connectivity index (χ3v) is 7.36. The van der Waals surface area contributed by atoms with Crippen LogP contribution in [0.4, 0.5) is 5.69 Å². The Morgan fingerprint density at radius 2 is 1.55 bits per heavy atom. The van der Waals surface area contributed by atoms with Gasteiger partial charge in [0.25, 0.3) is 5.91 Å². The van der Waals surface area contributed by atoms with Crippen LogP contribution in [0.15, 0.2) is 72.8 Å². The van der Waals surface area contributed by atoms with E-state index < -0.39 is 6.10 Å². The molecule has 3 aliphatic carbocycles. The second-order valence-corrected chi connectivity index (χ2v) is 9.24. The first-order valence-corrected chi connectivity index (χ1v) is 11.6. The number of fused-ring (bicyclic) bond motifs is 2. The van der Waals surface area contributed by atoms with Crippen LogP contribution in [0.2, 0.25) is 0 Å². The Hall–Kier alpha value is -3.60. The summed E-state index contributed by atoms with van der Waals surface area (Å²) in [7, 11) is 0. The molecule has 0 spiro atoms. The highest BCUT2D eigenvalue weighted by Crippen LogP contribution is 2.55. The summed E-state index contributed by atoms with van der Waals surface area (Å²) in [5.74, 6) is 1.29. The first-order chi connectivity index (χ1) is 16.1. The molecule has 33 heavy (non-hydrogen) atoms. The maximum absolute atomic E-state index is 13.0. The number of nitrogens with one attached hydrogen (secondary N) is 1. The molecule has 1 N–H and O–H groups in total. The van der Waals surface area contributed by atoms with Gasteiger partial charge >= 0.3 is 0 Å². The molecule has 2 atom stereocenters. The van der Waals surface area contributed by atoms with Crippen LogP contribution in [0.25, 0.3) is 0 Å². The molecule has 7 rings (SSSR count). The minimum atomic E-state index is -0.602. The van der Waals surface area contributed by atoms with Gasteiger partial charge in [0.2, 0.25) is 5.91 Å². The lowest BCUT2D eigenvalue weighted by Gasteiger charge is -2.45. The molecule has 0 radical (unpaired) electrons. The number of carbonyl (C=O) groups is 2. The number of para-hydroxylation sites is 2. The first kappa shape index (κ1) is 20.0. The quantitative estimate of drug-likeness (QED) is 0.664. The van der Waals surface area contributed by atoms with E-state index >= 15 is 0 Å². The fourth-order valence-electron chi connectivity index (χ4n) is 5.93. The number of nitrogens with zero attached hydrogens (tertiary/aromatic N) is 1. The normalized spacial score (nSPS) is 24.4. The summed E-state index contributed by atoms with van der Waals surface area (Å²) in [5, 5.41) is 3.14. The van der Waals surface area contributed by atoms with Crippen molar-refractivity contribution in [1.29, 1.82) is 0 Å². The minimum absolute atomic E-state index is 0.00244. The highest BCUT2D eigenvalue weighted by atomic mass is 16.5. The maximum Gasteiger partial charge on any atom is 0.268 e. The predicted octanol–water partition coefficient (Wildman–Crippen LogP) is 4.21. The van der Waals surface area contributed by atoms with Crippen molar-refractivity contribution in [2.45, 2.75) is 31.3 Å². The Morgan fingerprint density at radius 3 is 2.24 bits per heavy atom. The van der Waals surface area contributed by atoms with E-state index in [1.165, 1.54) is 27.2 Å². The topological polar surface area (TPSA) is 58.6 Å². The van der Waals surface area contributed by atoms with Crippen molar-refractivity contribution in [3.05, 3.63) is 95.1 Å². The van der Waals surface area contributed by atoms with E-state index in [2.05, 4.69) is 53.8 Å². The van der Waals surface area contributed by atoms with Crippen molar-refractivity contribution in [1.82, 2.24) is 5.32 Å². The van der Waals surface area contributed by atoms with Crippen LogP contribution < -0.4 is 15.0 Å². The standard InChI is InChI=1S/C28H26N2O3/c1-17-28(32)30(24-12-6-7-13-25(24)33-17)16-26(31)29-15-18-14-23-19-8-2-4-10-21(19)27(18)22-11-5-3-9-20(22)23/h2-13,17-18,23,27H,14-16H2,1H3,(H,29,31)/t17-,18-,23?,27?/m1/s1. The van der Waals surface area contributed by atoms with Gasteiger partial charge in [0.15, 0.2) is 6.10 Å². The van der Waals surface area contributed by atoms with Gasteiger partial charge in [0.05, 0.1) is 5.69 Å². The number of rotatable bonds is 4. The molecule has 2 amide bonds. The molecule has 0 saturated heterocycles. The van der Waals surface area contributed by atoms with E-state index in [-0.39, 0.29) is 24.3 Å². The molecule has 2 bridgehead atoms. The Labute approximate surface area is 193 Å². The third-order valence-electron chi connectivity index (χ3n) is 7.36. The van der Waals surface area contributed by atoms with Crippen LogP contribution in [0.1, 0.15) is 47.4 Å². The monoisotopic (exact) mass is 438 g/mol. The van der Waals surface area contributed by atoms with Gasteiger partial charge in [-0.05, 0) is 53.6 Å². The van der Waals surface area contributed by atoms with Crippen molar-refractivity contribution >= 4 is 17.5 Å². The SMILES string of the molecule is C[C@H]1Oc2ccccc2N(CC(=O)NC[C@H]2CC3c4ccccc4C2c2ccccc23)C1=O. The fourth-order valence-corrected chi connectivity index (χ4v) is 5.93. The lowest BCUT2D eigenvalue weighted by Crippen LogP contribution is -2.49. The largest absolute Gasteiger partial charge is 0.479 e. The molecule has 1 aliphatic heterocycles. The molecule has 4 aliphatic rings. The summed E-state index contributed by atoms with van der Waals surface area (Å²) < 4.78 is 5.69. The Balaban J connectivity index is 1.20. The highest BCUT2D eigenvalue weighted by molar-refractivity contribution is 6.03. The number of benzene rings is 3. The van der Waals surface area contributed by atoms with Gasteiger partial charge in [-0.15, -0.1) is 0 Å². The second-order valence-electron chi connectivity index (χ2n) is 9.24. The van der Waals surface area contributed by atoms with Crippen molar-refractivity contribution in [3.8, 4) is 5.75 Å². The zero-order chi connectivity index (χ0) is 22.5. The number of ether oxygens (including phenoxy) is 1. The number of carbonyl (C=O) groups excluding carboxylic acids is 2. The zero-order valence-electron chi connectivity index (χ0n) is 18.5. The molecule has 3 aromatic rings. The lowest BCUT2D eigenvalue weighted by atomic mass is 9.59. The second kappa shape index (κ2) is 7.77. The smallest absolute Gasteiger partial charge is 0.268 e. The molecule has 0 saturated carbocycles. The molecule has 5 heteroatoms. The molecule has 166 valence electrons. The first-order valence-electron chi connectivity index (χ1n) is 11.6. The Kier molecular flexibility index (Phi) is 4.72. The summed E-state index contributed by atoms with van der Waals surface area (Å²) in [5.41, 5.74) is 6.27. The van der Waals surface area contributed by atoms with Crippen molar-refractivity contribution in [2.75, 3.05) is 18.0 Å². The average Bonchev–Trinajstić information content (AvgIpc) is 2.85. The van der Waals surface area contributed by atoms with Crippen LogP contribution >= 0.6 is 0 Å². The maximum atomic E-state index is 13.0. The van der Waals surface area contributed by atoms with Crippen LogP contribution in [-0.2, 0) is 9.59 Å². The number of hydrogen-bond acceptors (Lipinski definition) is 3. The summed E-state index contributed by atoms with van der Waals surface area (Å²) in [6.07, 6.45) is 0.421. The summed E-state index contributed by atoms with van der Waals surface area (Å²) in [6.45, 7) is 2.31. The van der Waals surface area contributed by atoms with Gasteiger partial charge in [-0.1, -0.05) is 60.7 Å². The number of anilines is 1. The third kappa shape index (κ3) is 3.22. The summed E-state index contributed by atoms with van der Waals surface area (Å²) in [4.78, 5) is 27.2. The van der Waals surface area contributed by atoms with Crippen LogP contribution in [-0.4, -0.2) is 31.0 Å². The van der Waals surface area contributed by atoms with E-state index in [4.69, 9.17) is 4.74 Å². The molecular formula is C28H26N2O3. The molecule has 0 fully saturated rings. The lowest BCUT2D eigenvalue weighted by molar-refractivity contribution is -0.128.